The van der Waals surface area contributed by atoms with E-state index in [1.165, 1.54) is 6.26 Å². The van der Waals surface area contributed by atoms with E-state index >= 15 is 0 Å². The summed E-state index contributed by atoms with van der Waals surface area (Å²) in [5.74, 6) is 0.915. The van der Waals surface area contributed by atoms with Crippen LogP contribution >= 0.6 is 11.6 Å². The van der Waals surface area contributed by atoms with Crippen molar-refractivity contribution >= 4 is 29.2 Å². The predicted octanol–water partition coefficient (Wildman–Crippen LogP) is 2.04. The Morgan fingerprint density at radius 2 is 1.90 bits per heavy atom. The maximum absolute atomic E-state index is 12.6. The van der Waals surface area contributed by atoms with Crippen molar-refractivity contribution in [1.82, 2.24) is 15.5 Å². The fourth-order valence-electron chi connectivity index (χ4n) is 3.38. The molecular weight excluding hydrogens is 418 g/mol. The number of piperazine rings is 1. The SMILES string of the molecule is CCNC(=NCC(=O)N1CCN(c2ccc(Cl)cc2)CC1)NCC(C)(O)c1ccco1. The van der Waals surface area contributed by atoms with Gasteiger partial charge >= 0.3 is 0 Å². The average Bonchev–Trinajstić information content (AvgIpc) is 3.32. The molecule has 2 aromatic rings. The van der Waals surface area contributed by atoms with Gasteiger partial charge in [0.2, 0.25) is 5.91 Å². The number of hydrogen-bond acceptors (Lipinski definition) is 5. The highest BCUT2D eigenvalue weighted by Crippen LogP contribution is 2.20. The highest BCUT2D eigenvalue weighted by molar-refractivity contribution is 6.30. The smallest absolute Gasteiger partial charge is 0.244 e. The van der Waals surface area contributed by atoms with E-state index in [1.807, 2.05) is 36.1 Å². The molecular formula is C22H30ClN5O3. The lowest BCUT2D eigenvalue weighted by Gasteiger charge is -2.36. The lowest BCUT2D eigenvalue weighted by molar-refractivity contribution is -0.129. The summed E-state index contributed by atoms with van der Waals surface area (Å²) < 4.78 is 5.29. The molecule has 1 amide bonds. The minimum Gasteiger partial charge on any atom is -0.466 e. The van der Waals surface area contributed by atoms with Gasteiger partial charge in [0.15, 0.2) is 5.96 Å². The number of aliphatic imine (C=N–C) groups is 1. The Morgan fingerprint density at radius 1 is 1.19 bits per heavy atom. The van der Waals surface area contributed by atoms with Crippen LogP contribution in [0.5, 0.6) is 0 Å². The summed E-state index contributed by atoms with van der Waals surface area (Å²) in [6.07, 6.45) is 1.52. The number of nitrogens with zero attached hydrogens (tertiary/aromatic N) is 3. The van der Waals surface area contributed by atoms with E-state index in [2.05, 4.69) is 20.5 Å². The summed E-state index contributed by atoms with van der Waals surface area (Å²) >= 11 is 5.96. The molecule has 9 heteroatoms. The number of carbonyl (C=O) groups is 1. The van der Waals surface area contributed by atoms with Crippen LogP contribution in [-0.4, -0.2) is 67.7 Å². The number of nitrogens with one attached hydrogen (secondary N) is 2. The van der Waals surface area contributed by atoms with Crippen molar-refractivity contribution in [2.24, 2.45) is 4.99 Å². The molecule has 1 saturated heterocycles. The Hall–Kier alpha value is -2.71. The van der Waals surface area contributed by atoms with E-state index < -0.39 is 5.60 Å². The van der Waals surface area contributed by atoms with Crippen molar-refractivity contribution in [1.29, 1.82) is 0 Å². The Balaban J connectivity index is 1.50. The highest BCUT2D eigenvalue weighted by Gasteiger charge is 2.26. The molecule has 1 atom stereocenters. The Kier molecular flexibility index (Phi) is 7.81. The number of carbonyl (C=O) groups excluding carboxylic acids is 1. The maximum Gasteiger partial charge on any atom is 0.244 e. The van der Waals surface area contributed by atoms with E-state index in [0.29, 0.717) is 36.4 Å². The molecule has 1 fully saturated rings. The quantitative estimate of drug-likeness (QED) is 0.444. The van der Waals surface area contributed by atoms with E-state index in [0.717, 1.165) is 18.8 Å². The largest absolute Gasteiger partial charge is 0.466 e. The number of benzene rings is 1. The first kappa shape index (κ1) is 23.0. The second-order valence-corrected chi connectivity index (χ2v) is 8.08. The number of guanidine groups is 1. The predicted molar refractivity (Wildman–Crippen MR) is 123 cm³/mol. The van der Waals surface area contributed by atoms with Crippen molar-refractivity contribution in [3.8, 4) is 0 Å². The standard InChI is InChI=1S/C22H30ClN5O3/c1-3-24-21(26-16-22(2,30)19-5-4-14-31-19)25-15-20(29)28-12-10-27(11-13-28)18-8-6-17(23)7-9-18/h4-9,14,30H,3,10-13,15-16H2,1-2H3,(H2,24,25,26). The summed E-state index contributed by atoms with van der Waals surface area (Å²) in [6.45, 7) is 7.31. The van der Waals surface area contributed by atoms with Gasteiger partial charge in [0.25, 0.3) is 0 Å². The normalized spacial score (nSPS) is 16.7. The monoisotopic (exact) mass is 447 g/mol. The zero-order valence-corrected chi connectivity index (χ0v) is 18.7. The van der Waals surface area contributed by atoms with Crippen LogP contribution in [0.2, 0.25) is 5.02 Å². The number of anilines is 1. The maximum atomic E-state index is 12.6. The van der Waals surface area contributed by atoms with Crippen LogP contribution in [0.3, 0.4) is 0 Å². The molecule has 0 radical (unpaired) electrons. The van der Waals surface area contributed by atoms with Crippen LogP contribution < -0.4 is 15.5 Å². The van der Waals surface area contributed by atoms with Crippen molar-refractivity contribution in [3.63, 3.8) is 0 Å². The Labute approximate surface area is 187 Å². The number of furan rings is 1. The van der Waals surface area contributed by atoms with Crippen molar-refractivity contribution in [2.45, 2.75) is 19.4 Å². The van der Waals surface area contributed by atoms with Gasteiger partial charge in [0.1, 0.15) is 17.9 Å². The lowest BCUT2D eigenvalue weighted by atomic mass is 10.0. The summed E-state index contributed by atoms with van der Waals surface area (Å²) in [6, 6.07) is 11.2. The Morgan fingerprint density at radius 3 is 2.52 bits per heavy atom. The zero-order valence-electron chi connectivity index (χ0n) is 18.0. The van der Waals surface area contributed by atoms with Gasteiger partial charge in [-0.05, 0) is 50.2 Å². The molecule has 0 saturated carbocycles. The van der Waals surface area contributed by atoms with E-state index in [1.54, 1.807) is 19.1 Å². The van der Waals surface area contributed by atoms with Crippen LogP contribution in [0.15, 0.2) is 52.1 Å². The molecule has 0 bridgehead atoms. The number of aliphatic hydroxyl groups is 1. The second kappa shape index (κ2) is 10.5. The van der Waals surface area contributed by atoms with Gasteiger partial charge < -0.3 is 30.0 Å². The van der Waals surface area contributed by atoms with Gasteiger partial charge in [-0.25, -0.2) is 4.99 Å². The van der Waals surface area contributed by atoms with Crippen LogP contribution in [-0.2, 0) is 10.4 Å². The Bertz CT molecular complexity index is 860. The van der Waals surface area contributed by atoms with Gasteiger partial charge in [0.05, 0.1) is 12.8 Å². The summed E-state index contributed by atoms with van der Waals surface area (Å²) in [7, 11) is 0. The number of halogens is 1. The molecule has 1 unspecified atom stereocenters. The molecule has 8 nitrogen and oxygen atoms in total. The summed E-state index contributed by atoms with van der Waals surface area (Å²) in [4.78, 5) is 21.1. The minimum absolute atomic E-state index is 0.0225. The number of hydrogen-bond donors (Lipinski definition) is 3. The molecule has 1 aromatic carbocycles. The van der Waals surface area contributed by atoms with E-state index in [-0.39, 0.29) is 19.0 Å². The fraction of sp³-hybridized carbons (Fsp3) is 0.455. The third kappa shape index (κ3) is 6.38. The first-order valence-corrected chi connectivity index (χ1v) is 10.8. The first-order valence-electron chi connectivity index (χ1n) is 10.5. The van der Waals surface area contributed by atoms with Gasteiger partial charge in [-0.15, -0.1) is 0 Å². The van der Waals surface area contributed by atoms with Crippen LogP contribution in [0.4, 0.5) is 5.69 Å². The average molecular weight is 448 g/mol. The zero-order chi connectivity index (χ0) is 22.3. The molecule has 168 valence electrons. The molecule has 31 heavy (non-hydrogen) atoms. The minimum atomic E-state index is -1.19. The van der Waals surface area contributed by atoms with E-state index in [4.69, 9.17) is 16.0 Å². The van der Waals surface area contributed by atoms with Crippen molar-refractivity contribution < 1.29 is 14.3 Å². The van der Waals surface area contributed by atoms with E-state index in [9.17, 15) is 9.90 Å². The number of rotatable bonds is 7. The second-order valence-electron chi connectivity index (χ2n) is 7.64. The van der Waals surface area contributed by atoms with Crippen LogP contribution in [0.25, 0.3) is 0 Å². The van der Waals surface area contributed by atoms with Crippen molar-refractivity contribution in [2.75, 3.05) is 50.7 Å². The third-order valence-electron chi connectivity index (χ3n) is 5.19. The first-order chi connectivity index (χ1) is 14.9. The molecule has 3 rings (SSSR count). The highest BCUT2D eigenvalue weighted by atomic mass is 35.5. The van der Waals surface area contributed by atoms with Gasteiger partial charge in [-0.3, -0.25) is 4.79 Å². The number of amides is 1. The van der Waals surface area contributed by atoms with Gasteiger partial charge in [-0.2, -0.15) is 0 Å². The third-order valence-corrected chi connectivity index (χ3v) is 5.44. The molecule has 3 N–H and O–H groups in total. The van der Waals surface area contributed by atoms with Gasteiger partial charge in [-0.1, -0.05) is 11.6 Å². The molecule has 1 aromatic heterocycles. The summed E-state index contributed by atoms with van der Waals surface area (Å²) in [5.41, 5.74) is -0.0847. The molecule has 0 aliphatic carbocycles. The topological polar surface area (TPSA) is 93.3 Å². The van der Waals surface area contributed by atoms with Crippen molar-refractivity contribution in [3.05, 3.63) is 53.4 Å². The van der Waals surface area contributed by atoms with Crippen LogP contribution in [0, 0.1) is 0 Å². The summed E-state index contributed by atoms with van der Waals surface area (Å²) in [5, 5.41) is 17.5. The van der Waals surface area contributed by atoms with Crippen LogP contribution in [0.1, 0.15) is 19.6 Å². The fourth-order valence-corrected chi connectivity index (χ4v) is 3.51. The lowest BCUT2D eigenvalue weighted by Crippen LogP contribution is -2.50. The molecule has 0 spiro atoms. The van der Waals surface area contributed by atoms with Gasteiger partial charge in [0, 0.05) is 43.4 Å². The molecule has 1 aliphatic rings. The molecule has 1 aliphatic heterocycles. The molecule has 2 heterocycles.